The minimum absolute atomic E-state index is 0.0518. The number of amides is 1. The van der Waals surface area contributed by atoms with Gasteiger partial charge in [0.05, 0.1) is 0 Å². The molecule has 122 valence electrons. The Labute approximate surface area is 140 Å². The first-order valence-corrected chi connectivity index (χ1v) is 8.05. The monoisotopic (exact) mass is 320 g/mol. The Morgan fingerprint density at radius 1 is 1.08 bits per heavy atom. The van der Waals surface area contributed by atoms with E-state index in [1.54, 1.807) is 0 Å². The number of aromatic amines is 1. The van der Waals surface area contributed by atoms with E-state index in [1.165, 1.54) is 5.56 Å². The lowest BCUT2D eigenvalue weighted by molar-refractivity contribution is -0.121. The number of fused-ring (bicyclic) bond motifs is 1. The molecule has 0 spiro atoms. The Morgan fingerprint density at radius 2 is 1.92 bits per heavy atom. The predicted molar refractivity (Wildman–Crippen MR) is 95.9 cm³/mol. The van der Waals surface area contributed by atoms with Gasteiger partial charge in [-0.2, -0.15) is 0 Å². The molecule has 3 aromatic rings. The predicted octanol–water partition coefficient (Wildman–Crippen LogP) is 3.09. The maximum Gasteiger partial charge on any atom is 0.253 e. The molecule has 0 radical (unpaired) electrons. The Hall–Kier alpha value is -2.88. The van der Waals surface area contributed by atoms with Crippen molar-refractivity contribution in [1.82, 2.24) is 10.3 Å². The number of aromatic nitrogens is 1. The largest absolute Gasteiger partial charge is 0.352 e. The summed E-state index contributed by atoms with van der Waals surface area (Å²) in [4.78, 5) is 26.9. The number of nitrogens with one attached hydrogen (secondary N) is 2. The van der Waals surface area contributed by atoms with Crippen LogP contribution in [0.4, 0.5) is 0 Å². The molecule has 1 amide bonds. The zero-order valence-corrected chi connectivity index (χ0v) is 13.6. The van der Waals surface area contributed by atoms with Crippen molar-refractivity contribution in [2.45, 2.75) is 26.3 Å². The first-order chi connectivity index (χ1) is 11.6. The average molecular weight is 320 g/mol. The van der Waals surface area contributed by atoms with Crippen molar-refractivity contribution in [3.05, 3.63) is 81.6 Å². The van der Waals surface area contributed by atoms with Crippen molar-refractivity contribution in [2.24, 2.45) is 0 Å². The van der Waals surface area contributed by atoms with Crippen LogP contribution < -0.4 is 10.9 Å². The van der Waals surface area contributed by atoms with Gasteiger partial charge in [-0.1, -0.05) is 48.0 Å². The van der Waals surface area contributed by atoms with Crippen molar-refractivity contribution < 1.29 is 4.79 Å². The van der Waals surface area contributed by atoms with Crippen LogP contribution in [0, 0.1) is 6.92 Å². The van der Waals surface area contributed by atoms with E-state index in [9.17, 15) is 9.59 Å². The van der Waals surface area contributed by atoms with Crippen LogP contribution in [-0.4, -0.2) is 10.9 Å². The molecule has 0 unspecified atom stereocenters. The van der Waals surface area contributed by atoms with Gasteiger partial charge in [-0.25, -0.2) is 0 Å². The highest BCUT2D eigenvalue weighted by Crippen LogP contribution is 2.10. The van der Waals surface area contributed by atoms with E-state index in [0.29, 0.717) is 18.4 Å². The van der Waals surface area contributed by atoms with Crippen LogP contribution in [0.2, 0.25) is 0 Å². The molecular weight excluding hydrogens is 300 g/mol. The fourth-order valence-corrected chi connectivity index (χ4v) is 2.73. The number of carbonyl (C=O) groups excluding carboxylic acids is 1. The summed E-state index contributed by atoms with van der Waals surface area (Å²) in [7, 11) is 0. The van der Waals surface area contributed by atoms with E-state index >= 15 is 0 Å². The molecule has 24 heavy (non-hydrogen) atoms. The highest BCUT2D eigenvalue weighted by Gasteiger charge is 2.06. The highest BCUT2D eigenvalue weighted by atomic mass is 16.1. The fraction of sp³-hybridized carbons (Fsp3) is 0.200. The van der Waals surface area contributed by atoms with Gasteiger partial charge in [0.2, 0.25) is 5.91 Å². The van der Waals surface area contributed by atoms with E-state index in [-0.39, 0.29) is 18.0 Å². The first kappa shape index (κ1) is 16.0. The number of benzene rings is 2. The molecule has 0 saturated heterocycles. The maximum atomic E-state index is 12.1. The molecule has 3 rings (SSSR count). The zero-order chi connectivity index (χ0) is 16.9. The number of aryl methyl sites for hydroxylation is 2. The lowest BCUT2D eigenvalue weighted by Crippen LogP contribution is -2.26. The summed E-state index contributed by atoms with van der Waals surface area (Å²) in [6.45, 7) is 2.28. The minimum atomic E-state index is -0.160. The topological polar surface area (TPSA) is 62.0 Å². The number of hydrogen-bond acceptors (Lipinski definition) is 2. The maximum absolute atomic E-state index is 12.1. The third-order valence-electron chi connectivity index (χ3n) is 4.03. The summed E-state index contributed by atoms with van der Waals surface area (Å²) < 4.78 is 0. The van der Waals surface area contributed by atoms with Crippen LogP contribution in [0.5, 0.6) is 0 Å². The van der Waals surface area contributed by atoms with Crippen molar-refractivity contribution in [1.29, 1.82) is 0 Å². The Balaban J connectivity index is 1.60. The van der Waals surface area contributed by atoms with Gasteiger partial charge in [0.1, 0.15) is 0 Å². The number of carbonyl (C=O) groups is 1. The zero-order valence-electron chi connectivity index (χ0n) is 13.6. The molecule has 0 aliphatic heterocycles. The molecule has 1 aromatic heterocycles. The number of para-hydroxylation sites is 1. The molecule has 4 nitrogen and oxygen atoms in total. The van der Waals surface area contributed by atoms with Crippen molar-refractivity contribution >= 4 is 16.8 Å². The van der Waals surface area contributed by atoms with E-state index in [2.05, 4.69) is 16.4 Å². The number of hydrogen-bond donors (Lipinski definition) is 2. The third-order valence-corrected chi connectivity index (χ3v) is 4.03. The van der Waals surface area contributed by atoms with E-state index in [4.69, 9.17) is 0 Å². The van der Waals surface area contributed by atoms with Crippen LogP contribution in [0.3, 0.4) is 0 Å². The Kier molecular flexibility index (Phi) is 4.75. The van der Waals surface area contributed by atoms with Gasteiger partial charge >= 0.3 is 0 Å². The Morgan fingerprint density at radius 3 is 2.75 bits per heavy atom. The van der Waals surface area contributed by atoms with E-state index < -0.39 is 0 Å². The SMILES string of the molecule is Cc1cccc(CCC(=O)NCc2cc3ccccc3[nH]c2=O)c1. The van der Waals surface area contributed by atoms with Gasteiger partial charge in [-0.15, -0.1) is 0 Å². The molecule has 4 heteroatoms. The normalized spacial score (nSPS) is 10.7. The van der Waals surface area contributed by atoms with Gasteiger partial charge in [0.25, 0.3) is 5.56 Å². The first-order valence-electron chi connectivity index (χ1n) is 8.05. The summed E-state index contributed by atoms with van der Waals surface area (Å²) in [5.41, 5.74) is 3.55. The fourth-order valence-electron chi connectivity index (χ4n) is 2.73. The quantitative estimate of drug-likeness (QED) is 0.759. The summed E-state index contributed by atoms with van der Waals surface area (Å²) in [6, 6.07) is 17.6. The minimum Gasteiger partial charge on any atom is -0.352 e. The summed E-state index contributed by atoms with van der Waals surface area (Å²) in [6.07, 6.45) is 1.11. The molecule has 2 aromatic carbocycles. The standard InChI is InChI=1S/C20H20N2O2/c1-14-5-4-6-15(11-14)9-10-19(23)21-13-17-12-16-7-2-3-8-18(16)22-20(17)24/h2-8,11-12H,9-10,13H2,1H3,(H,21,23)(H,22,24). The molecular formula is C20H20N2O2. The average Bonchev–Trinajstić information content (AvgIpc) is 2.58. The lowest BCUT2D eigenvalue weighted by Gasteiger charge is -2.07. The summed E-state index contributed by atoms with van der Waals surface area (Å²) in [5, 5.41) is 3.79. The van der Waals surface area contributed by atoms with Gasteiger partial charge in [-0.05, 0) is 36.4 Å². The van der Waals surface area contributed by atoms with Crippen molar-refractivity contribution in [2.75, 3.05) is 0 Å². The van der Waals surface area contributed by atoms with Crippen LogP contribution in [0.15, 0.2) is 59.4 Å². The molecule has 0 atom stereocenters. The van der Waals surface area contributed by atoms with Crippen LogP contribution in [-0.2, 0) is 17.8 Å². The molecule has 0 aliphatic carbocycles. The second-order valence-corrected chi connectivity index (χ2v) is 5.98. The highest BCUT2D eigenvalue weighted by molar-refractivity contribution is 5.79. The van der Waals surface area contributed by atoms with Crippen LogP contribution >= 0.6 is 0 Å². The van der Waals surface area contributed by atoms with Gasteiger partial charge in [0, 0.05) is 24.0 Å². The van der Waals surface area contributed by atoms with Crippen LogP contribution in [0.25, 0.3) is 10.9 Å². The number of rotatable bonds is 5. The lowest BCUT2D eigenvalue weighted by atomic mass is 10.1. The molecule has 0 saturated carbocycles. The van der Waals surface area contributed by atoms with E-state index in [0.717, 1.165) is 16.5 Å². The van der Waals surface area contributed by atoms with Crippen LogP contribution in [0.1, 0.15) is 23.1 Å². The van der Waals surface area contributed by atoms with Crippen molar-refractivity contribution in [3.63, 3.8) is 0 Å². The number of H-pyrrole nitrogens is 1. The Bertz CT molecular complexity index is 928. The number of pyridine rings is 1. The molecule has 2 N–H and O–H groups in total. The van der Waals surface area contributed by atoms with E-state index in [1.807, 2.05) is 55.5 Å². The molecule has 0 fully saturated rings. The molecule has 1 heterocycles. The summed E-state index contributed by atoms with van der Waals surface area (Å²) in [5.74, 6) is -0.0518. The second kappa shape index (κ2) is 7.13. The summed E-state index contributed by atoms with van der Waals surface area (Å²) >= 11 is 0. The van der Waals surface area contributed by atoms with Gasteiger partial charge in [0.15, 0.2) is 0 Å². The third kappa shape index (κ3) is 3.90. The second-order valence-electron chi connectivity index (χ2n) is 5.98. The molecule has 0 bridgehead atoms. The van der Waals surface area contributed by atoms with Crippen molar-refractivity contribution in [3.8, 4) is 0 Å². The van der Waals surface area contributed by atoms with Gasteiger partial charge < -0.3 is 10.3 Å². The smallest absolute Gasteiger partial charge is 0.253 e. The molecule has 0 aliphatic rings. The van der Waals surface area contributed by atoms with Gasteiger partial charge in [-0.3, -0.25) is 9.59 Å².